The lowest BCUT2D eigenvalue weighted by molar-refractivity contribution is -0.138. The standard InChI is InChI=1S/C11H14F3NO2S/c1-10(2,4-9(16)17)15-5-7-3-8(18-6-7)11(12,13)14/h3,6,15H,4-5H2,1-2H3,(H,16,17). The van der Waals surface area contributed by atoms with Gasteiger partial charge in [-0.05, 0) is 30.9 Å². The van der Waals surface area contributed by atoms with Crippen molar-refractivity contribution in [2.45, 2.75) is 38.5 Å². The second-order valence-electron chi connectivity index (χ2n) is 4.62. The number of carbonyl (C=O) groups is 1. The number of carboxylic acids is 1. The fourth-order valence-electron chi connectivity index (χ4n) is 1.40. The van der Waals surface area contributed by atoms with Crippen LogP contribution in [0.4, 0.5) is 13.2 Å². The summed E-state index contributed by atoms with van der Waals surface area (Å²) < 4.78 is 37.1. The predicted octanol–water partition coefficient (Wildman–Crippen LogP) is 3.11. The topological polar surface area (TPSA) is 49.3 Å². The molecule has 0 saturated carbocycles. The molecule has 0 atom stereocenters. The van der Waals surface area contributed by atoms with Gasteiger partial charge in [0.2, 0.25) is 0 Å². The fraction of sp³-hybridized carbons (Fsp3) is 0.545. The molecule has 102 valence electrons. The van der Waals surface area contributed by atoms with Gasteiger partial charge in [0.25, 0.3) is 0 Å². The van der Waals surface area contributed by atoms with Gasteiger partial charge in [-0.1, -0.05) is 0 Å². The number of aliphatic carboxylic acids is 1. The van der Waals surface area contributed by atoms with Crippen LogP contribution in [0.3, 0.4) is 0 Å². The van der Waals surface area contributed by atoms with Gasteiger partial charge in [0, 0.05) is 12.1 Å². The third-order valence-electron chi connectivity index (χ3n) is 2.30. The van der Waals surface area contributed by atoms with Crippen molar-refractivity contribution >= 4 is 17.3 Å². The van der Waals surface area contributed by atoms with Crippen molar-refractivity contribution in [1.29, 1.82) is 0 Å². The van der Waals surface area contributed by atoms with E-state index in [1.807, 2.05) is 0 Å². The Kier molecular flexibility index (Phi) is 4.39. The molecule has 1 heterocycles. The van der Waals surface area contributed by atoms with E-state index in [0.29, 0.717) is 16.9 Å². The molecule has 0 aromatic carbocycles. The van der Waals surface area contributed by atoms with Crippen LogP contribution >= 0.6 is 11.3 Å². The number of rotatable bonds is 5. The Morgan fingerprint density at radius 1 is 1.44 bits per heavy atom. The summed E-state index contributed by atoms with van der Waals surface area (Å²) in [5, 5.41) is 13.0. The molecule has 0 aliphatic rings. The lowest BCUT2D eigenvalue weighted by atomic mass is 10.0. The molecular weight excluding hydrogens is 267 g/mol. The summed E-state index contributed by atoms with van der Waals surface area (Å²) in [6, 6.07) is 1.08. The minimum Gasteiger partial charge on any atom is -0.481 e. The first-order valence-electron chi connectivity index (χ1n) is 5.21. The van der Waals surface area contributed by atoms with Crippen LogP contribution in [0.15, 0.2) is 11.4 Å². The zero-order valence-corrected chi connectivity index (χ0v) is 10.8. The van der Waals surface area contributed by atoms with E-state index >= 15 is 0 Å². The third kappa shape index (κ3) is 4.66. The summed E-state index contributed by atoms with van der Waals surface area (Å²) >= 11 is 0.640. The number of nitrogens with one attached hydrogen (secondary N) is 1. The van der Waals surface area contributed by atoms with E-state index < -0.39 is 22.6 Å². The molecule has 0 saturated heterocycles. The molecule has 0 amide bonds. The average Bonchev–Trinajstić information content (AvgIpc) is 2.60. The summed E-state index contributed by atoms with van der Waals surface area (Å²) in [6.07, 6.45) is -4.41. The van der Waals surface area contributed by atoms with Crippen LogP contribution in [0.1, 0.15) is 30.7 Å². The van der Waals surface area contributed by atoms with E-state index in [4.69, 9.17) is 5.11 Å². The normalized spacial score (nSPS) is 12.7. The van der Waals surface area contributed by atoms with Crippen molar-refractivity contribution in [3.63, 3.8) is 0 Å². The molecule has 0 bridgehead atoms. The number of hydrogen-bond acceptors (Lipinski definition) is 3. The number of carboxylic acid groups (broad SMARTS) is 1. The van der Waals surface area contributed by atoms with Crippen LogP contribution in [0.25, 0.3) is 0 Å². The fourth-order valence-corrected chi connectivity index (χ4v) is 2.18. The minimum absolute atomic E-state index is 0.0940. The lowest BCUT2D eigenvalue weighted by Crippen LogP contribution is -2.40. The highest BCUT2D eigenvalue weighted by molar-refractivity contribution is 7.10. The predicted molar refractivity (Wildman–Crippen MR) is 62.5 cm³/mol. The van der Waals surface area contributed by atoms with Crippen LogP contribution in [-0.4, -0.2) is 16.6 Å². The molecule has 1 rings (SSSR count). The van der Waals surface area contributed by atoms with Crippen molar-refractivity contribution in [2.24, 2.45) is 0 Å². The van der Waals surface area contributed by atoms with Gasteiger partial charge in [-0.15, -0.1) is 11.3 Å². The van der Waals surface area contributed by atoms with Gasteiger partial charge >= 0.3 is 12.1 Å². The molecule has 18 heavy (non-hydrogen) atoms. The van der Waals surface area contributed by atoms with Crippen molar-refractivity contribution in [3.8, 4) is 0 Å². The number of alkyl halides is 3. The summed E-state index contributed by atoms with van der Waals surface area (Å²) in [4.78, 5) is 9.93. The summed E-state index contributed by atoms with van der Waals surface area (Å²) in [6.45, 7) is 3.60. The first kappa shape index (κ1) is 15.0. The van der Waals surface area contributed by atoms with Gasteiger partial charge in [-0.25, -0.2) is 0 Å². The largest absolute Gasteiger partial charge is 0.481 e. The van der Waals surface area contributed by atoms with Crippen LogP contribution < -0.4 is 5.32 Å². The molecule has 0 aliphatic carbocycles. The van der Waals surface area contributed by atoms with E-state index in [9.17, 15) is 18.0 Å². The molecule has 2 N–H and O–H groups in total. The zero-order valence-electron chi connectivity index (χ0n) is 9.97. The monoisotopic (exact) mass is 281 g/mol. The van der Waals surface area contributed by atoms with Crippen LogP contribution in [-0.2, 0) is 17.5 Å². The molecule has 1 aromatic rings. The Labute approximate surface area is 107 Å². The summed E-state index contributed by atoms with van der Waals surface area (Å²) in [5.41, 5.74) is -0.155. The SMILES string of the molecule is CC(C)(CC(=O)O)NCc1csc(C(F)(F)F)c1. The van der Waals surface area contributed by atoms with E-state index in [0.717, 1.165) is 6.07 Å². The van der Waals surface area contributed by atoms with Gasteiger partial charge in [-0.3, -0.25) is 4.79 Å². The Morgan fingerprint density at radius 3 is 2.50 bits per heavy atom. The van der Waals surface area contributed by atoms with Gasteiger partial charge in [-0.2, -0.15) is 13.2 Å². The number of halogens is 3. The van der Waals surface area contributed by atoms with Crippen LogP contribution in [0.5, 0.6) is 0 Å². The quantitative estimate of drug-likeness (QED) is 0.872. The second-order valence-corrected chi connectivity index (χ2v) is 5.54. The highest BCUT2D eigenvalue weighted by atomic mass is 32.1. The minimum atomic E-state index is -4.32. The number of thiophene rings is 1. The Bertz CT molecular complexity index is 426. The van der Waals surface area contributed by atoms with Crippen LogP contribution in [0, 0.1) is 0 Å². The van der Waals surface area contributed by atoms with E-state index in [-0.39, 0.29) is 13.0 Å². The first-order chi connectivity index (χ1) is 8.10. The third-order valence-corrected chi connectivity index (χ3v) is 3.32. The maximum absolute atomic E-state index is 12.4. The molecule has 7 heteroatoms. The molecule has 0 spiro atoms. The molecule has 3 nitrogen and oxygen atoms in total. The van der Waals surface area contributed by atoms with Crippen molar-refractivity contribution in [1.82, 2.24) is 5.32 Å². The Morgan fingerprint density at radius 2 is 2.06 bits per heavy atom. The molecule has 0 unspecified atom stereocenters. The van der Waals surface area contributed by atoms with Crippen molar-refractivity contribution in [3.05, 3.63) is 21.9 Å². The molecule has 0 fully saturated rings. The number of hydrogen-bond donors (Lipinski definition) is 2. The van der Waals surface area contributed by atoms with E-state index in [2.05, 4.69) is 5.32 Å². The van der Waals surface area contributed by atoms with Gasteiger partial charge in [0.05, 0.1) is 6.42 Å². The maximum atomic E-state index is 12.4. The average molecular weight is 281 g/mol. The summed E-state index contributed by atoms with van der Waals surface area (Å²) in [7, 11) is 0. The lowest BCUT2D eigenvalue weighted by Gasteiger charge is -2.24. The van der Waals surface area contributed by atoms with Gasteiger partial charge < -0.3 is 10.4 Å². The smallest absolute Gasteiger partial charge is 0.425 e. The highest BCUT2D eigenvalue weighted by Crippen LogP contribution is 2.34. The van der Waals surface area contributed by atoms with E-state index in [1.54, 1.807) is 13.8 Å². The molecule has 0 radical (unpaired) electrons. The van der Waals surface area contributed by atoms with Crippen LogP contribution in [0.2, 0.25) is 0 Å². The molecule has 1 aromatic heterocycles. The Balaban J connectivity index is 2.59. The highest BCUT2D eigenvalue weighted by Gasteiger charge is 2.32. The van der Waals surface area contributed by atoms with Gasteiger partial charge in [0.15, 0.2) is 0 Å². The van der Waals surface area contributed by atoms with Crippen molar-refractivity contribution in [2.75, 3.05) is 0 Å². The Hall–Kier alpha value is -1.08. The molecule has 0 aliphatic heterocycles. The second kappa shape index (κ2) is 5.27. The maximum Gasteiger partial charge on any atom is 0.425 e. The summed E-state index contributed by atoms with van der Waals surface area (Å²) in [5.74, 6) is -0.950. The zero-order chi connectivity index (χ0) is 14.0. The molecular formula is C11H14F3NO2S. The van der Waals surface area contributed by atoms with Crippen molar-refractivity contribution < 1.29 is 23.1 Å². The van der Waals surface area contributed by atoms with Gasteiger partial charge in [0.1, 0.15) is 4.88 Å². The van der Waals surface area contributed by atoms with E-state index in [1.165, 1.54) is 5.38 Å². The first-order valence-corrected chi connectivity index (χ1v) is 6.09.